The zero-order valence-electron chi connectivity index (χ0n) is 8.45. The Kier molecular flexibility index (Phi) is 2.88. The van der Waals surface area contributed by atoms with Crippen LogP contribution in [0, 0.1) is 0 Å². The van der Waals surface area contributed by atoms with Gasteiger partial charge in [-0.05, 0) is 6.92 Å². The topological polar surface area (TPSA) is 53.6 Å². The molecule has 2 amide bonds. The van der Waals surface area contributed by atoms with Gasteiger partial charge in [-0.1, -0.05) is 0 Å². The van der Waals surface area contributed by atoms with Crippen LogP contribution in [-0.4, -0.2) is 55.9 Å². The van der Waals surface area contributed by atoms with Crippen molar-refractivity contribution in [1.29, 1.82) is 0 Å². The summed E-state index contributed by atoms with van der Waals surface area (Å²) in [6.45, 7) is 5.93. The number of carbonyl (C=O) groups excluding carboxylic acids is 1. The van der Waals surface area contributed by atoms with Gasteiger partial charge in [0, 0.05) is 31.7 Å². The number of nitrogens with one attached hydrogen (secondary N) is 2. The maximum Gasteiger partial charge on any atom is 0.317 e. The van der Waals surface area contributed by atoms with Crippen LogP contribution in [0.15, 0.2) is 0 Å². The van der Waals surface area contributed by atoms with Gasteiger partial charge in [0.25, 0.3) is 0 Å². The first kappa shape index (κ1) is 9.73. The molecule has 14 heavy (non-hydrogen) atoms. The van der Waals surface area contributed by atoms with Gasteiger partial charge in [-0.15, -0.1) is 0 Å². The van der Waals surface area contributed by atoms with Crippen LogP contribution < -0.4 is 10.6 Å². The number of ether oxygens (including phenoxy) is 1. The van der Waals surface area contributed by atoms with Crippen LogP contribution in [-0.2, 0) is 4.74 Å². The lowest BCUT2D eigenvalue weighted by Gasteiger charge is -2.27. The van der Waals surface area contributed by atoms with Crippen molar-refractivity contribution in [3.05, 3.63) is 0 Å². The minimum absolute atomic E-state index is 0.0462. The monoisotopic (exact) mass is 199 g/mol. The highest BCUT2D eigenvalue weighted by atomic mass is 16.5. The van der Waals surface area contributed by atoms with Gasteiger partial charge in [-0.3, -0.25) is 0 Å². The fourth-order valence-electron chi connectivity index (χ4n) is 1.92. The third-order valence-corrected chi connectivity index (χ3v) is 2.59. The quantitative estimate of drug-likeness (QED) is 0.623. The van der Waals surface area contributed by atoms with E-state index in [9.17, 15) is 4.79 Å². The molecule has 2 saturated heterocycles. The molecule has 2 N–H and O–H groups in total. The molecule has 0 saturated carbocycles. The molecular weight excluding hydrogens is 182 g/mol. The van der Waals surface area contributed by atoms with E-state index < -0.39 is 0 Å². The first-order chi connectivity index (χ1) is 6.75. The van der Waals surface area contributed by atoms with E-state index in [4.69, 9.17) is 4.74 Å². The molecule has 0 aliphatic carbocycles. The van der Waals surface area contributed by atoms with E-state index in [1.165, 1.54) is 0 Å². The zero-order valence-corrected chi connectivity index (χ0v) is 8.45. The van der Waals surface area contributed by atoms with Gasteiger partial charge < -0.3 is 20.3 Å². The van der Waals surface area contributed by atoms with Crippen LogP contribution in [0.2, 0.25) is 0 Å². The van der Waals surface area contributed by atoms with Crippen molar-refractivity contribution in [2.24, 2.45) is 0 Å². The fraction of sp³-hybridized carbons (Fsp3) is 0.889. The van der Waals surface area contributed by atoms with Gasteiger partial charge in [0.1, 0.15) is 0 Å². The Morgan fingerprint density at radius 3 is 3.07 bits per heavy atom. The Labute approximate surface area is 83.8 Å². The molecule has 0 bridgehead atoms. The molecule has 0 aromatic rings. The van der Waals surface area contributed by atoms with E-state index in [-0.39, 0.29) is 12.1 Å². The molecule has 2 rings (SSSR count). The Morgan fingerprint density at radius 1 is 1.64 bits per heavy atom. The number of carbonyl (C=O) groups is 1. The molecule has 5 nitrogen and oxygen atoms in total. The molecule has 0 aromatic heterocycles. The van der Waals surface area contributed by atoms with Crippen LogP contribution in [0.1, 0.15) is 6.92 Å². The highest BCUT2D eigenvalue weighted by Crippen LogP contribution is 2.05. The number of rotatable bonds is 2. The summed E-state index contributed by atoms with van der Waals surface area (Å²) in [5, 5.41) is 6.21. The Hall–Kier alpha value is -0.810. The van der Waals surface area contributed by atoms with Crippen molar-refractivity contribution < 1.29 is 9.53 Å². The lowest BCUT2D eigenvalue weighted by molar-refractivity contribution is 0.0680. The van der Waals surface area contributed by atoms with Gasteiger partial charge >= 0.3 is 6.03 Å². The predicted octanol–water partition coefficient (Wildman–Crippen LogP) is -0.611. The smallest absolute Gasteiger partial charge is 0.317 e. The highest BCUT2D eigenvalue weighted by molar-refractivity contribution is 5.76. The molecule has 2 aliphatic heterocycles. The summed E-state index contributed by atoms with van der Waals surface area (Å²) in [5.41, 5.74) is 0. The molecule has 5 heteroatoms. The van der Waals surface area contributed by atoms with Gasteiger partial charge in [0.2, 0.25) is 0 Å². The molecule has 2 aliphatic rings. The zero-order chi connectivity index (χ0) is 9.97. The largest absolute Gasteiger partial charge is 0.378 e. The lowest BCUT2D eigenvalue weighted by Crippen LogP contribution is -2.49. The second-order valence-electron chi connectivity index (χ2n) is 3.98. The van der Waals surface area contributed by atoms with Crippen LogP contribution >= 0.6 is 0 Å². The van der Waals surface area contributed by atoms with Crippen molar-refractivity contribution >= 4 is 6.03 Å². The Balaban J connectivity index is 1.81. The number of amides is 2. The van der Waals surface area contributed by atoms with Crippen LogP contribution in [0.3, 0.4) is 0 Å². The first-order valence-electron chi connectivity index (χ1n) is 5.12. The third-order valence-electron chi connectivity index (χ3n) is 2.59. The summed E-state index contributed by atoms with van der Waals surface area (Å²) in [4.78, 5) is 13.2. The SMILES string of the molecule is CC1CN(CC2COCCN2)C(=O)N1. The van der Waals surface area contributed by atoms with Crippen LogP contribution in [0.5, 0.6) is 0 Å². The van der Waals surface area contributed by atoms with Crippen molar-refractivity contribution in [3.63, 3.8) is 0 Å². The van der Waals surface area contributed by atoms with Crippen LogP contribution in [0.4, 0.5) is 4.79 Å². The fourth-order valence-corrected chi connectivity index (χ4v) is 1.92. The summed E-state index contributed by atoms with van der Waals surface area (Å²) in [6.07, 6.45) is 0. The average molecular weight is 199 g/mol. The van der Waals surface area contributed by atoms with Gasteiger partial charge in [-0.2, -0.15) is 0 Å². The second kappa shape index (κ2) is 4.14. The summed E-state index contributed by atoms with van der Waals surface area (Å²) in [5.74, 6) is 0. The maximum absolute atomic E-state index is 11.4. The minimum Gasteiger partial charge on any atom is -0.378 e. The second-order valence-corrected chi connectivity index (χ2v) is 3.98. The van der Waals surface area contributed by atoms with Crippen molar-refractivity contribution in [2.45, 2.75) is 19.0 Å². The van der Waals surface area contributed by atoms with E-state index in [0.717, 1.165) is 26.2 Å². The number of nitrogens with zero attached hydrogens (tertiary/aromatic N) is 1. The van der Waals surface area contributed by atoms with E-state index in [2.05, 4.69) is 10.6 Å². The summed E-state index contributed by atoms with van der Waals surface area (Å²) < 4.78 is 5.33. The van der Waals surface area contributed by atoms with E-state index >= 15 is 0 Å². The van der Waals surface area contributed by atoms with Gasteiger partial charge in [0.05, 0.1) is 13.2 Å². The molecule has 80 valence electrons. The number of hydrogen-bond donors (Lipinski definition) is 2. The standard InChI is InChI=1S/C9H17N3O2/c1-7-4-12(9(13)11-7)5-8-6-14-3-2-10-8/h7-8,10H,2-6H2,1H3,(H,11,13). The lowest BCUT2D eigenvalue weighted by atomic mass is 10.2. The average Bonchev–Trinajstić information content (AvgIpc) is 2.47. The molecule has 0 aromatic carbocycles. The summed E-state index contributed by atoms with van der Waals surface area (Å²) >= 11 is 0. The first-order valence-corrected chi connectivity index (χ1v) is 5.12. The molecule has 2 unspecified atom stereocenters. The van der Waals surface area contributed by atoms with E-state index in [1.807, 2.05) is 11.8 Å². The predicted molar refractivity (Wildman–Crippen MR) is 52.2 cm³/mol. The number of urea groups is 1. The number of hydrogen-bond acceptors (Lipinski definition) is 3. The van der Waals surface area contributed by atoms with Crippen molar-refractivity contribution in [3.8, 4) is 0 Å². The molecule has 0 radical (unpaired) electrons. The summed E-state index contributed by atoms with van der Waals surface area (Å²) in [7, 11) is 0. The molecule has 2 fully saturated rings. The summed E-state index contributed by atoms with van der Waals surface area (Å²) in [6, 6.07) is 0.608. The van der Waals surface area contributed by atoms with Crippen molar-refractivity contribution in [2.75, 3.05) is 32.8 Å². The highest BCUT2D eigenvalue weighted by Gasteiger charge is 2.28. The maximum atomic E-state index is 11.4. The van der Waals surface area contributed by atoms with E-state index in [1.54, 1.807) is 0 Å². The number of morpholine rings is 1. The molecule has 2 atom stereocenters. The normalized spacial score (nSPS) is 33.2. The Morgan fingerprint density at radius 2 is 2.50 bits per heavy atom. The van der Waals surface area contributed by atoms with E-state index in [0.29, 0.717) is 12.6 Å². The van der Waals surface area contributed by atoms with Gasteiger partial charge in [-0.25, -0.2) is 4.79 Å². The molecule has 0 spiro atoms. The minimum atomic E-state index is 0.0462. The molecule has 2 heterocycles. The van der Waals surface area contributed by atoms with Crippen LogP contribution in [0.25, 0.3) is 0 Å². The third kappa shape index (κ3) is 2.16. The molecular formula is C9H17N3O2. The van der Waals surface area contributed by atoms with Gasteiger partial charge in [0.15, 0.2) is 0 Å². The van der Waals surface area contributed by atoms with Crippen molar-refractivity contribution in [1.82, 2.24) is 15.5 Å². The Bertz CT molecular complexity index is 216.